The summed E-state index contributed by atoms with van der Waals surface area (Å²) in [5.41, 5.74) is 1.65. The van der Waals surface area contributed by atoms with Crippen LogP contribution >= 0.6 is 27.5 Å². The van der Waals surface area contributed by atoms with Crippen LogP contribution in [0.5, 0.6) is 0 Å². The van der Waals surface area contributed by atoms with E-state index in [2.05, 4.69) is 25.5 Å². The number of fused-ring (bicyclic) bond motifs is 1. The minimum Gasteiger partial charge on any atom is -0.324 e. The van der Waals surface area contributed by atoms with Gasteiger partial charge in [0.1, 0.15) is 11.6 Å². The Hall–Kier alpha value is -0.610. The first-order chi connectivity index (χ1) is 7.70. The van der Waals surface area contributed by atoms with Crippen molar-refractivity contribution in [2.24, 2.45) is 0 Å². The molecule has 3 rings (SSSR count). The van der Waals surface area contributed by atoms with Crippen molar-refractivity contribution in [2.45, 2.75) is 24.8 Å². The van der Waals surface area contributed by atoms with Gasteiger partial charge in [-0.3, -0.25) is 0 Å². The predicted molar refractivity (Wildman–Crippen MR) is 65.2 cm³/mol. The smallest absolute Gasteiger partial charge is 0.139 e. The molecule has 0 spiro atoms. The lowest BCUT2D eigenvalue weighted by Crippen LogP contribution is -1.99. The number of imidazole rings is 1. The molecular formula is C11H9BrClFN2. The van der Waals surface area contributed by atoms with Crippen molar-refractivity contribution in [2.75, 3.05) is 0 Å². The van der Waals surface area contributed by atoms with Crippen LogP contribution in [0.15, 0.2) is 16.6 Å². The molecule has 0 radical (unpaired) electrons. The first-order valence-corrected chi connectivity index (χ1v) is 6.45. The molecule has 84 valence electrons. The fourth-order valence-electron chi connectivity index (χ4n) is 1.97. The number of aromatic nitrogens is 2. The van der Waals surface area contributed by atoms with E-state index in [9.17, 15) is 4.39 Å². The summed E-state index contributed by atoms with van der Waals surface area (Å²) in [6.07, 6.45) is 2.26. The third-order valence-electron chi connectivity index (χ3n) is 2.84. The molecule has 16 heavy (non-hydrogen) atoms. The normalized spacial score (nSPS) is 15.9. The Morgan fingerprint density at radius 2 is 2.25 bits per heavy atom. The average molecular weight is 304 g/mol. The summed E-state index contributed by atoms with van der Waals surface area (Å²) >= 11 is 9.03. The molecule has 0 saturated heterocycles. The molecule has 1 aliphatic carbocycles. The van der Waals surface area contributed by atoms with Crippen molar-refractivity contribution in [3.8, 4) is 0 Å². The van der Waals surface area contributed by atoms with Gasteiger partial charge in [0, 0.05) is 12.1 Å². The van der Waals surface area contributed by atoms with Crippen LogP contribution in [-0.4, -0.2) is 9.55 Å². The molecule has 0 bridgehead atoms. The van der Waals surface area contributed by atoms with E-state index in [1.165, 1.54) is 6.07 Å². The topological polar surface area (TPSA) is 17.8 Å². The van der Waals surface area contributed by atoms with Gasteiger partial charge in [-0.05, 0) is 34.8 Å². The summed E-state index contributed by atoms with van der Waals surface area (Å²) in [4.78, 5) is 4.43. The van der Waals surface area contributed by atoms with Crippen LogP contribution in [0.3, 0.4) is 0 Å². The molecular weight excluding hydrogens is 294 g/mol. The number of rotatable bonds is 2. The Morgan fingerprint density at radius 3 is 2.88 bits per heavy atom. The lowest BCUT2D eigenvalue weighted by molar-refractivity contribution is 0.621. The Labute approximate surface area is 106 Å². The molecule has 1 heterocycles. The zero-order valence-electron chi connectivity index (χ0n) is 8.38. The predicted octanol–water partition coefficient (Wildman–Crippen LogP) is 4.01. The number of alkyl halides is 1. The van der Waals surface area contributed by atoms with E-state index in [1.54, 1.807) is 6.07 Å². The Balaban J connectivity index is 2.31. The first kappa shape index (κ1) is 10.5. The van der Waals surface area contributed by atoms with Crippen LogP contribution in [0.2, 0.25) is 0 Å². The molecule has 1 aliphatic rings. The molecule has 5 heteroatoms. The lowest BCUT2D eigenvalue weighted by Gasteiger charge is -2.05. The molecule has 1 fully saturated rings. The fourth-order valence-corrected chi connectivity index (χ4v) is 2.49. The SMILES string of the molecule is Fc1cc2c(cc1Br)nc(CCl)n2C1CC1. The molecule has 0 atom stereocenters. The second-order valence-corrected chi connectivity index (χ2v) is 5.14. The number of hydrogen-bond acceptors (Lipinski definition) is 1. The molecule has 2 nitrogen and oxygen atoms in total. The van der Waals surface area contributed by atoms with Crippen LogP contribution in [0.25, 0.3) is 11.0 Å². The maximum Gasteiger partial charge on any atom is 0.139 e. The Kier molecular flexibility index (Phi) is 2.44. The van der Waals surface area contributed by atoms with E-state index < -0.39 is 0 Å². The van der Waals surface area contributed by atoms with Gasteiger partial charge < -0.3 is 4.57 Å². The molecule has 1 saturated carbocycles. The van der Waals surface area contributed by atoms with Gasteiger partial charge in [0.2, 0.25) is 0 Å². The summed E-state index contributed by atoms with van der Waals surface area (Å²) in [6, 6.07) is 3.69. The Morgan fingerprint density at radius 1 is 1.50 bits per heavy atom. The Bertz CT molecular complexity index is 563. The minimum atomic E-state index is -0.254. The van der Waals surface area contributed by atoms with Crippen LogP contribution in [0.1, 0.15) is 24.7 Å². The largest absolute Gasteiger partial charge is 0.324 e. The van der Waals surface area contributed by atoms with Crippen molar-refractivity contribution in [3.05, 3.63) is 28.2 Å². The molecule has 0 aliphatic heterocycles. The summed E-state index contributed by atoms with van der Waals surface area (Å²) in [6.45, 7) is 0. The fraction of sp³-hybridized carbons (Fsp3) is 0.364. The van der Waals surface area contributed by atoms with Gasteiger partial charge in [0.05, 0.1) is 21.4 Å². The number of hydrogen-bond donors (Lipinski definition) is 0. The summed E-state index contributed by atoms with van der Waals surface area (Å²) in [7, 11) is 0. The highest BCUT2D eigenvalue weighted by Gasteiger charge is 2.28. The van der Waals surface area contributed by atoms with E-state index >= 15 is 0 Å². The number of halogens is 3. The number of nitrogens with zero attached hydrogens (tertiary/aromatic N) is 2. The van der Waals surface area contributed by atoms with E-state index in [0.29, 0.717) is 16.4 Å². The van der Waals surface area contributed by atoms with Crippen molar-refractivity contribution in [1.82, 2.24) is 9.55 Å². The highest BCUT2D eigenvalue weighted by molar-refractivity contribution is 9.10. The quantitative estimate of drug-likeness (QED) is 0.766. The van der Waals surface area contributed by atoms with Gasteiger partial charge in [-0.15, -0.1) is 11.6 Å². The molecule has 1 aromatic heterocycles. The van der Waals surface area contributed by atoms with Gasteiger partial charge in [0.25, 0.3) is 0 Å². The first-order valence-electron chi connectivity index (χ1n) is 5.12. The summed E-state index contributed by atoms with van der Waals surface area (Å²) in [5, 5.41) is 0. The highest BCUT2D eigenvalue weighted by atomic mass is 79.9. The van der Waals surface area contributed by atoms with Crippen molar-refractivity contribution < 1.29 is 4.39 Å². The van der Waals surface area contributed by atoms with Gasteiger partial charge in [-0.1, -0.05) is 0 Å². The summed E-state index contributed by atoms with van der Waals surface area (Å²) in [5.74, 6) is 0.942. The van der Waals surface area contributed by atoms with Gasteiger partial charge in [-0.2, -0.15) is 0 Å². The van der Waals surface area contributed by atoms with Crippen LogP contribution in [0, 0.1) is 5.82 Å². The molecule has 0 unspecified atom stereocenters. The lowest BCUT2D eigenvalue weighted by atomic mass is 10.3. The summed E-state index contributed by atoms with van der Waals surface area (Å²) < 4.78 is 16.0. The second kappa shape index (κ2) is 3.70. The van der Waals surface area contributed by atoms with Crippen molar-refractivity contribution >= 4 is 38.6 Å². The molecule has 1 aromatic carbocycles. The van der Waals surface area contributed by atoms with Crippen molar-refractivity contribution in [1.29, 1.82) is 0 Å². The van der Waals surface area contributed by atoms with E-state index in [0.717, 1.165) is 29.7 Å². The second-order valence-electron chi connectivity index (χ2n) is 4.02. The zero-order valence-corrected chi connectivity index (χ0v) is 10.7. The average Bonchev–Trinajstić information content (AvgIpc) is 3.03. The maximum atomic E-state index is 13.5. The molecule has 0 amide bonds. The van der Waals surface area contributed by atoms with Gasteiger partial charge in [0.15, 0.2) is 0 Å². The standard InChI is InChI=1S/C11H9BrClFN2/c12-7-3-9-10(4-8(7)14)16(6-1-2-6)11(5-13)15-9/h3-4,6H,1-2,5H2. The molecule has 0 N–H and O–H groups in total. The highest BCUT2D eigenvalue weighted by Crippen LogP contribution is 2.39. The third-order valence-corrected chi connectivity index (χ3v) is 3.68. The van der Waals surface area contributed by atoms with Crippen LogP contribution in [-0.2, 0) is 5.88 Å². The van der Waals surface area contributed by atoms with Gasteiger partial charge in [-0.25, -0.2) is 9.37 Å². The van der Waals surface area contributed by atoms with Crippen LogP contribution < -0.4 is 0 Å². The monoisotopic (exact) mass is 302 g/mol. The third kappa shape index (κ3) is 1.55. The molecule has 2 aromatic rings. The van der Waals surface area contributed by atoms with Crippen molar-refractivity contribution in [3.63, 3.8) is 0 Å². The zero-order chi connectivity index (χ0) is 11.3. The number of benzene rings is 1. The van der Waals surface area contributed by atoms with E-state index in [1.807, 2.05) is 0 Å². The van der Waals surface area contributed by atoms with E-state index in [-0.39, 0.29) is 5.82 Å². The van der Waals surface area contributed by atoms with E-state index in [4.69, 9.17) is 11.6 Å². The maximum absolute atomic E-state index is 13.5. The van der Waals surface area contributed by atoms with Gasteiger partial charge >= 0.3 is 0 Å². The minimum absolute atomic E-state index is 0.254. The van der Waals surface area contributed by atoms with Crippen LogP contribution in [0.4, 0.5) is 4.39 Å².